The highest BCUT2D eigenvalue weighted by molar-refractivity contribution is 5.97. The van der Waals surface area contributed by atoms with Gasteiger partial charge in [-0.15, -0.1) is 0 Å². The van der Waals surface area contributed by atoms with Crippen molar-refractivity contribution in [1.82, 2.24) is 9.55 Å². The predicted molar refractivity (Wildman–Crippen MR) is 67.1 cm³/mol. The third kappa shape index (κ3) is 2.42. The molecule has 0 fully saturated rings. The van der Waals surface area contributed by atoms with Crippen LogP contribution in [0.3, 0.4) is 0 Å². The molecule has 1 aromatic heterocycles. The van der Waals surface area contributed by atoms with Crippen LogP contribution in [0.15, 0.2) is 29.4 Å². The molecule has 19 heavy (non-hydrogen) atoms. The van der Waals surface area contributed by atoms with Crippen molar-refractivity contribution in [2.45, 2.75) is 6.92 Å². The molecule has 6 heteroatoms. The third-order valence-corrected chi connectivity index (χ3v) is 2.53. The Hall–Kier alpha value is -2.37. The summed E-state index contributed by atoms with van der Waals surface area (Å²) in [5.41, 5.74) is -0.220. The number of aliphatic imine (C=N–C) groups is 1. The van der Waals surface area contributed by atoms with Gasteiger partial charge in [-0.3, -0.25) is 4.79 Å². The van der Waals surface area contributed by atoms with Crippen LogP contribution in [-0.2, 0) is 7.05 Å². The van der Waals surface area contributed by atoms with Crippen molar-refractivity contribution in [3.8, 4) is 11.4 Å². The highest BCUT2D eigenvalue weighted by Crippen LogP contribution is 2.24. The first-order chi connectivity index (χ1) is 9.04. The summed E-state index contributed by atoms with van der Waals surface area (Å²) >= 11 is 0. The fourth-order valence-corrected chi connectivity index (χ4v) is 1.70. The molecule has 1 amide bonds. The van der Waals surface area contributed by atoms with E-state index in [0.29, 0.717) is 0 Å². The number of aromatic nitrogens is 2. The summed E-state index contributed by atoms with van der Waals surface area (Å²) in [7, 11) is 1.56. The lowest BCUT2D eigenvalue weighted by atomic mass is 10.2. The summed E-state index contributed by atoms with van der Waals surface area (Å²) in [5, 5.41) is 0. The summed E-state index contributed by atoms with van der Waals surface area (Å²) < 4.78 is 28.7. The minimum atomic E-state index is -0.730. The molecular formula is C13H11F2N3O. The molecule has 0 saturated carbocycles. The lowest BCUT2D eigenvalue weighted by Crippen LogP contribution is -1.97. The van der Waals surface area contributed by atoms with E-state index in [2.05, 4.69) is 9.98 Å². The zero-order valence-electron chi connectivity index (χ0n) is 10.4. The molecule has 0 N–H and O–H groups in total. The van der Waals surface area contributed by atoms with E-state index < -0.39 is 17.5 Å². The van der Waals surface area contributed by atoms with Crippen molar-refractivity contribution in [3.05, 3.63) is 41.7 Å². The molecule has 0 unspecified atom stereocenters. The third-order valence-electron chi connectivity index (χ3n) is 2.53. The van der Waals surface area contributed by atoms with Gasteiger partial charge in [0.15, 0.2) is 0 Å². The number of nitrogens with zero attached hydrogens (tertiary/aromatic N) is 3. The first-order valence-corrected chi connectivity index (χ1v) is 5.55. The molecule has 0 aliphatic heterocycles. The molecule has 0 spiro atoms. The van der Waals surface area contributed by atoms with Crippen LogP contribution in [0, 0.1) is 11.6 Å². The van der Waals surface area contributed by atoms with Crippen LogP contribution in [0.25, 0.3) is 11.4 Å². The number of benzene rings is 1. The van der Waals surface area contributed by atoms with Crippen LogP contribution in [0.4, 0.5) is 8.78 Å². The van der Waals surface area contributed by atoms with Gasteiger partial charge in [0.1, 0.15) is 23.2 Å². The number of carbonyl (C=O) groups excluding carboxylic acids is 1. The minimum Gasteiger partial charge on any atom is -0.333 e. The Kier molecular flexibility index (Phi) is 3.50. The fourth-order valence-electron chi connectivity index (χ4n) is 1.70. The van der Waals surface area contributed by atoms with Crippen LogP contribution >= 0.6 is 0 Å². The smallest absolute Gasteiger partial charge is 0.296 e. The minimum absolute atomic E-state index is 0.0400. The molecule has 0 atom stereocenters. The SMILES string of the molecule is CC=NC(=O)c1cn(C)c(-c2c(F)cccc2F)n1. The lowest BCUT2D eigenvalue weighted by molar-refractivity contribution is 0.0999. The first-order valence-electron chi connectivity index (χ1n) is 5.55. The second-order valence-electron chi connectivity index (χ2n) is 3.85. The van der Waals surface area contributed by atoms with E-state index in [1.54, 1.807) is 14.0 Å². The molecule has 0 radical (unpaired) electrons. The Labute approximate surface area is 108 Å². The van der Waals surface area contributed by atoms with Gasteiger partial charge in [0, 0.05) is 19.5 Å². The van der Waals surface area contributed by atoms with Crippen molar-refractivity contribution < 1.29 is 13.6 Å². The van der Waals surface area contributed by atoms with Gasteiger partial charge in [0.2, 0.25) is 0 Å². The molecular weight excluding hydrogens is 252 g/mol. The summed E-state index contributed by atoms with van der Waals surface area (Å²) in [4.78, 5) is 19.1. The molecule has 4 nitrogen and oxygen atoms in total. The summed E-state index contributed by atoms with van der Waals surface area (Å²) in [6.45, 7) is 1.60. The van der Waals surface area contributed by atoms with Crippen molar-refractivity contribution in [3.63, 3.8) is 0 Å². The largest absolute Gasteiger partial charge is 0.333 e. The number of aryl methyl sites for hydroxylation is 1. The fraction of sp³-hybridized carbons (Fsp3) is 0.154. The van der Waals surface area contributed by atoms with Crippen molar-refractivity contribution in [2.75, 3.05) is 0 Å². The first kappa shape index (κ1) is 13.1. The van der Waals surface area contributed by atoms with E-state index in [4.69, 9.17) is 0 Å². The van der Waals surface area contributed by atoms with Gasteiger partial charge in [-0.2, -0.15) is 0 Å². The number of rotatable bonds is 2. The zero-order valence-corrected chi connectivity index (χ0v) is 10.4. The number of carbonyl (C=O) groups is 1. The molecule has 0 aliphatic carbocycles. The number of imidazole rings is 1. The number of amides is 1. The molecule has 0 aliphatic rings. The Balaban J connectivity index is 2.55. The van der Waals surface area contributed by atoms with Crippen LogP contribution < -0.4 is 0 Å². The molecule has 0 saturated heterocycles. The van der Waals surface area contributed by atoms with Crippen LogP contribution in [0.5, 0.6) is 0 Å². The Morgan fingerprint density at radius 3 is 2.58 bits per heavy atom. The quantitative estimate of drug-likeness (QED) is 0.782. The maximum absolute atomic E-state index is 13.7. The Morgan fingerprint density at radius 2 is 2.00 bits per heavy atom. The van der Waals surface area contributed by atoms with E-state index in [1.165, 1.54) is 23.0 Å². The van der Waals surface area contributed by atoms with E-state index >= 15 is 0 Å². The van der Waals surface area contributed by atoms with Gasteiger partial charge in [0.25, 0.3) is 5.91 Å². The summed E-state index contributed by atoms with van der Waals surface area (Å²) in [6, 6.07) is 3.54. The molecule has 2 aromatic rings. The van der Waals surface area contributed by atoms with Crippen molar-refractivity contribution >= 4 is 12.1 Å². The topological polar surface area (TPSA) is 47.2 Å². The van der Waals surface area contributed by atoms with Gasteiger partial charge in [0.05, 0.1) is 5.56 Å². The highest BCUT2D eigenvalue weighted by atomic mass is 19.1. The predicted octanol–water partition coefficient (Wildman–Crippen LogP) is 2.60. The highest BCUT2D eigenvalue weighted by Gasteiger charge is 2.18. The molecule has 1 aromatic carbocycles. The maximum Gasteiger partial charge on any atom is 0.296 e. The average molecular weight is 263 g/mol. The molecule has 1 heterocycles. The van der Waals surface area contributed by atoms with Crippen LogP contribution in [-0.4, -0.2) is 21.7 Å². The van der Waals surface area contributed by atoms with Gasteiger partial charge < -0.3 is 4.57 Å². The van der Waals surface area contributed by atoms with E-state index in [9.17, 15) is 13.6 Å². The number of hydrogen-bond acceptors (Lipinski definition) is 2. The standard InChI is InChI=1S/C13H11F2N3O/c1-3-16-13(19)10-7-18(2)12(17-10)11-8(14)5-4-6-9(11)15/h3-7H,1-2H3. The van der Waals surface area contributed by atoms with E-state index in [-0.39, 0.29) is 17.1 Å². The van der Waals surface area contributed by atoms with Gasteiger partial charge in [-0.25, -0.2) is 18.8 Å². The number of hydrogen-bond donors (Lipinski definition) is 0. The Morgan fingerprint density at radius 1 is 1.37 bits per heavy atom. The van der Waals surface area contributed by atoms with Crippen LogP contribution in [0.1, 0.15) is 17.4 Å². The number of halogens is 2. The molecule has 2 rings (SSSR count). The zero-order chi connectivity index (χ0) is 14.0. The molecule has 98 valence electrons. The van der Waals surface area contributed by atoms with Crippen molar-refractivity contribution in [1.29, 1.82) is 0 Å². The summed E-state index contributed by atoms with van der Waals surface area (Å²) in [5.74, 6) is -1.97. The normalized spacial score (nSPS) is 11.2. The van der Waals surface area contributed by atoms with Gasteiger partial charge >= 0.3 is 0 Å². The van der Waals surface area contributed by atoms with E-state index in [1.807, 2.05) is 0 Å². The second kappa shape index (κ2) is 5.09. The molecule has 0 bridgehead atoms. The van der Waals surface area contributed by atoms with Gasteiger partial charge in [-0.05, 0) is 19.1 Å². The monoisotopic (exact) mass is 263 g/mol. The van der Waals surface area contributed by atoms with E-state index in [0.717, 1.165) is 12.1 Å². The summed E-state index contributed by atoms with van der Waals surface area (Å²) in [6.07, 6.45) is 2.72. The Bertz CT molecular complexity index is 642. The average Bonchev–Trinajstić information content (AvgIpc) is 2.72. The van der Waals surface area contributed by atoms with Crippen molar-refractivity contribution in [2.24, 2.45) is 12.0 Å². The second-order valence-corrected chi connectivity index (χ2v) is 3.85. The lowest BCUT2D eigenvalue weighted by Gasteiger charge is -2.03. The maximum atomic E-state index is 13.7. The van der Waals surface area contributed by atoms with Gasteiger partial charge in [-0.1, -0.05) is 6.07 Å². The van der Waals surface area contributed by atoms with Crippen LogP contribution in [0.2, 0.25) is 0 Å².